The minimum absolute atomic E-state index is 0.112. The van der Waals surface area contributed by atoms with E-state index in [1.165, 1.54) is 18.2 Å². The third kappa shape index (κ3) is 4.09. The molecule has 4 rings (SSSR count). The molecule has 1 aliphatic heterocycles. The van der Waals surface area contributed by atoms with Crippen molar-refractivity contribution in [1.29, 1.82) is 0 Å². The van der Waals surface area contributed by atoms with Crippen molar-refractivity contribution < 1.29 is 18.9 Å². The van der Waals surface area contributed by atoms with Crippen molar-refractivity contribution in [3.8, 4) is 17.1 Å². The van der Waals surface area contributed by atoms with Gasteiger partial charge in [-0.2, -0.15) is 0 Å². The first-order chi connectivity index (χ1) is 14.0. The molecule has 2 aromatic carbocycles. The number of benzene rings is 2. The summed E-state index contributed by atoms with van der Waals surface area (Å²) in [7, 11) is 0. The minimum atomic E-state index is -0.524. The first-order valence-electron chi connectivity index (χ1n) is 9.04. The molecule has 0 saturated heterocycles. The summed E-state index contributed by atoms with van der Waals surface area (Å²) < 4.78 is 11.3. The number of para-hydroxylation sites is 1. The average molecular weight is 413 g/mol. The van der Waals surface area contributed by atoms with Crippen molar-refractivity contribution in [2.45, 2.75) is 6.42 Å². The van der Waals surface area contributed by atoms with E-state index < -0.39 is 4.92 Å². The predicted octanol–water partition coefficient (Wildman–Crippen LogP) is 4.49. The second-order valence-corrected chi connectivity index (χ2v) is 7.19. The van der Waals surface area contributed by atoms with Gasteiger partial charge in [-0.1, -0.05) is 29.8 Å². The number of rotatable bonds is 5. The number of carbonyl (C=O) groups excluding carboxylic acids is 1. The van der Waals surface area contributed by atoms with E-state index in [1.807, 2.05) is 24.3 Å². The number of nitrogens with zero attached hydrogens (tertiary/aromatic N) is 1. The molecule has 29 heavy (non-hydrogen) atoms. The van der Waals surface area contributed by atoms with Crippen molar-refractivity contribution in [2.24, 2.45) is 5.92 Å². The molecular formula is C21H17ClN2O5. The molecule has 1 N–H and O–H groups in total. The highest BCUT2D eigenvalue weighted by atomic mass is 35.5. The number of nitro groups is 1. The highest BCUT2D eigenvalue weighted by Gasteiger charge is 2.21. The molecule has 2 heterocycles. The van der Waals surface area contributed by atoms with Gasteiger partial charge in [0.2, 0.25) is 0 Å². The van der Waals surface area contributed by atoms with E-state index in [1.54, 1.807) is 12.1 Å². The van der Waals surface area contributed by atoms with Gasteiger partial charge in [-0.25, -0.2) is 0 Å². The van der Waals surface area contributed by atoms with Crippen molar-refractivity contribution in [2.75, 3.05) is 13.2 Å². The number of ether oxygens (including phenoxy) is 1. The number of nitro benzene ring substituents is 1. The quantitative estimate of drug-likeness (QED) is 0.492. The van der Waals surface area contributed by atoms with Crippen LogP contribution in [0, 0.1) is 16.0 Å². The van der Waals surface area contributed by atoms with Gasteiger partial charge in [0.25, 0.3) is 11.6 Å². The fourth-order valence-electron chi connectivity index (χ4n) is 3.27. The van der Waals surface area contributed by atoms with Crippen LogP contribution in [0.15, 0.2) is 59.0 Å². The summed E-state index contributed by atoms with van der Waals surface area (Å²) in [4.78, 5) is 22.7. The maximum Gasteiger partial charge on any atom is 0.287 e. The summed E-state index contributed by atoms with van der Waals surface area (Å²) in [6, 6.07) is 15.1. The molecule has 0 fully saturated rings. The Morgan fingerprint density at radius 3 is 2.83 bits per heavy atom. The molecular weight excluding hydrogens is 396 g/mol. The van der Waals surface area contributed by atoms with E-state index in [-0.39, 0.29) is 28.3 Å². The van der Waals surface area contributed by atoms with E-state index >= 15 is 0 Å². The van der Waals surface area contributed by atoms with Crippen molar-refractivity contribution >= 4 is 23.2 Å². The number of halogens is 1. The second-order valence-electron chi connectivity index (χ2n) is 6.78. The van der Waals surface area contributed by atoms with Crippen LogP contribution in [0.2, 0.25) is 5.02 Å². The Balaban J connectivity index is 1.40. The smallest absolute Gasteiger partial charge is 0.287 e. The molecule has 7 nitrogen and oxygen atoms in total. The zero-order chi connectivity index (χ0) is 20.4. The van der Waals surface area contributed by atoms with Gasteiger partial charge >= 0.3 is 0 Å². The summed E-state index contributed by atoms with van der Waals surface area (Å²) in [6.07, 6.45) is 0.832. The Morgan fingerprint density at radius 2 is 2.03 bits per heavy atom. The fraction of sp³-hybridized carbons (Fsp3) is 0.190. The maximum atomic E-state index is 12.4. The first kappa shape index (κ1) is 19.0. The van der Waals surface area contributed by atoms with Crippen LogP contribution < -0.4 is 10.1 Å². The Morgan fingerprint density at radius 1 is 1.21 bits per heavy atom. The van der Waals surface area contributed by atoms with Crippen LogP contribution in [0.25, 0.3) is 11.3 Å². The second kappa shape index (κ2) is 7.97. The van der Waals surface area contributed by atoms with Crippen LogP contribution in [0.3, 0.4) is 0 Å². The van der Waals surface area contributed by atoms with E-state index in [9.17, 15) is 14.9 Å². The van der Waals surface area contributed by atoms with E-state index in [4.69, 9.17) is 20.8 Å². The molecule has 1 aliphatic rings. The molecule has 0 aliphatic carbocycles. The van der Waals surface area contributed by atoms with Gasteiger partial charge in [0.1, 0.15) is 11.5 Å². The van der Waals surface area contributed by atoms with Crippen LogP contribution in [0.5, 0.6) is 5.75 Å². The van der Waals surface area contributed by atoms with Gasteiger partial charge in [0, 0.05) is 30.2 Å². The number of hydrogen-bond donors (Lipinski definition) is 1. The summed E-state index contributed by atoms with van der Waals surface area (Å²) in [5.41, 5.74) is 1.50. The Kier molecular flexibility index (Phi) is 5.22. The summed E-state index contributed by atoms with van der Waals surface area (Å²) in [5, 5.41) is 13.9. The molecule has 1 aromatic heterocycles. The number of hydrogen-bond acceptors (Lipinski definition) is 5. The molecule has 0 bridgehead atoms. The van der Waals surface area contributed by atoms with E-state index in [2.05, 4.69) is 5.32 Å². The van der Waals surface area contributed by atoms with Gasteiger partial charge in [-0.15, -0.1) is 0 Å². The number of non-ortho nitro benzene ring substituents is 1. The summed E-state index contributed by atoms with van der Waals surface area (Å²) >= 11 is 6.12. The number of amides is 1. The molecule has 8 heteroatoms. The SMILES string of the molecule is O=C(NCC1COc2ccccc2C1)c1ccc(-c2ccc([N+](=O)[O-])cc2Cl)o1. The Labute approximate surface area is 171 Å². The normalized spacial score (nSPS) is 15.3. The lowest BCUT2D eigenvalue weighted by Gasteiger charge is -2.25. The van der Waals surface area contributed by atoms with Gasteiger partial charge in [-0.05, 0) is 36.2 Å². The molecule has 1 atom stereocenters. The zero-order valence-corrected chi connectivity index (χ0v) is 16.0. The Bertz CT molecular complexity index is 1080. The molecule has 3 aromatic rings. The maximum absolute atomic E-state index is 12.4. The van der Waals surface area contributed by atoms with Gasteiger partial charge < -0.3 is 14.5 Å². The van der Waals surface area contributed by atoms with E-state index in [0.29, 0.717) is 24.5 Å². The van der Waals surface area contributed by atoms with Crippen molar-refractivity contribution in [3.05, 3.63) is 81.1 Å². The van der Waals surface area contributed by atoms with Crippen LogP contribution in [-0.4, -0.2) is 24.0 Å². The molecule has 0 saturated carbocycles. The number of furan rings is 1. The van der Waals surface area contributed by atoms with E-state index in [0.717, 1.165) is 17.7 Å². The summed E-state index contributed by atoms with van der Waals surface area (Å²) in [6.45, 7) is 1.00. The van der Waals surface area contributed by atoms with Gasteiger partial charge in [-0.3, -0.25) is 14.9 Å². The first-order valence-corrected chi connectivity index (χ1v) is 9.42. The lowest BCUT2D eigenvalue weighted by Crippen LogP contribution is -2.34. The summed E-state index contributed by atoms with van der Waals surface area (Å²) in [5.74, 6) is 1.24. The zero-order valence-electron chi connectivity index (χ0n) is 15.3. The van der Waals surface area contributed by atoms with Crippen LogP contribution in [-0.2, 0) is 6.42 Å². The van der Waals surface area contributed by atoms with Crippen LogP contribution >= 0.6 is 11.6 Å². The van der Waals surface area contributed by atoms with Crippen molar-refractivity contribution in [3.63, 3.8) is 0 Å². The molecule has 0 spiro atoms. The lowest BCUT2D eigenvalue weighted by atomic mass is 9.97. The topological polar surface area (TPSA) is 94.6 Å². The largest absolute Gasteiger partial charge is 0.493 e. The fourth-order valence-corrected chi connectivity index (χ4v) is 3.54. The molecule has 148 valence electrons. The molecule has 0 radical (unpaired) electrons. The standard InChI is InChI=1S/C21H17ClN2O5/c22-17-10-15(24(26)27)5-6-16(17)19-7-8-20(29-19)21(25)23-11-13-9-14-3-1-2-4-18(14)28-12-13/h1-8,10,13H,9,11-12H2,(H,23,25). The molecule has 1 unspecified atom stereocenters. The third-order valence-electron chi connectivity index (χ3n) is 4.77. The highest BCUT2D eigenvalue weighted by Crippen LogP contribution is 2.32. The average Bonchev–Trinajstić information content (AvgIpc) is 3.21. The monoisotopic (exact) mass is 412 g/mol. The predicted molar refractivity (Wildman–Crippen MR) is 107 cm³/mol. The Hall–Kier alpha value is -3.32. The lowest BCUT2D eigenvalue weighted by molar-refractivity contribution is -0.384. The minimum Gasteiger partial charge on any atom is -0.493 e. The van der Waals surface area contributed by atoms with Crippen LogP contribution in [0.4, 0.5) is 5.69 Å². The number of nitrogens with one attached hydrogen (secondary N) is 1. The number of fused-ring (bicyclic) bond motifs is 1. The number of carbonyl (C=O) groups is 1. The van der Waals surface area contributed by atoms with Gasteiger partial charge in [0.15, 0.2) is 5.76 Å². The van der Waals surface area contributed by atoms with Crippen molar-refractivity contribution in [1.82, 2.24) is 5.32 Å². The van der Waals surface area contributed by atoms with Crippen LogP contribution in [0.1, 0.15) is 16.1 Å². The third-order valence-corrected chi connectivity index (χ3v) is 5.08. The molecule has 1 amide bonds. The highest BCUT2D eigenvalue weighted by molar-refractivity contribution is 6.33. The van der Waals surface area contributed by atoms with Gasteiger partial charge in [0.05, 0.1) is 16.6 Å².